The summed E-state index contributed by atoms with van der Waals surface area (Å²) < 4.78 is 1.79. The van der Waals surface area contributed by atoms with Gasteiger partial charge >= 0.3 is 0 Å². The maximum atomic E-state index is 5.50. The Kier molecular flexibility index (Phi) is 6.07. The van der Waals surface area contributed by atoms with Crippen LogP contribution >= 0.6 is 0 Å². The first-order chi connectivity index (χ1) is 13.6. The molecule has 0 radical (unpaired) electrons. The average Bonchev–Trinajstić information content (AvgIpc) is 3.11. The molecule has 2 heterocycles. The minimum Gasteiger partial charge on any atom is -0.405 e. The van der Waals surface area contributed by atoms with Crippen molar-refractivity contribution in [2.45, 2.75) is 13.8 Å². The molecular formula is C23H25N5. The van der Waals surface area contributed by atoms with Crippen molar-refractivity contribution in [1.29, 1.82) is 0 Å². The standard InChI is InChI=1S/C23H25N5/c1-4-7-19(10-12-24)15-25-22-11-13-28-23(27-22)21(16-26-28)18(3)14-20-9-6-5-8-17(20)2/h4-14,16H,1,15,24H2,2-3H3,(H,25,27)/b12-10-,18-14+,19-7+. The van der Waals surface area contributed by atoms with E-state index < -0.39 is 0 Å². The van der Waals surface area contributed by atoms with Crippen LogP contribution in [0.4, 0.5) is 5.82 Å². The van der Waals surface area contributed by atoms with Gasteiger partial charge in [0.05, 0.1) is 6.20 Å². The molecule has 5 nitrogen and oxygen atoms in total. The van der Waals surface area contributed by atoms with Gasteiger partial charge in [-0.25, -0.2) is 9.50 Å². The summed E-state index contributed by atoms with van der Waals surface area (Å²) in [5, 5.41) is 7.76. The molecule has 142 valence electrons. The number of hydrogen-bond acceptors (Lipinski definition) is 4. The monoisotopic (exact) mass is 371 g/mol. The zero-order valence-electron chi connectivity index (χ0n) is 16.3. The molecule has 5 heteroatoms. The fraction of sp³-hybridized carbons (Fsp3) is 0.130. The van der Waals surface area contributed by atoms with E-state index >= 15 is 0 Å². The Labute approximate surface area is 165 Å². The molecule has 0 bridgehead atoms. The third-order valence-electron chi connectivity index (χ3n) is 4.47. The molecule has 2 aromatic heterocycles. The quantitative estimate of drug-likeness (QED) is 0.596. The normalized spacial score (nSPS) is 12.6. The molecule has 3 aromatic rings. The topological polar surface area (TPSA) is 68.2 Å². The van der Waals surface area contributed by atoms with Crippen LogP contribution in [0.15, 0.2) is 79.3 Å². The van der Waals surface area contributed by atoms with Crippen LogP contribution in [-0.4, -0.2) is 21.1 Å². The van der Waals surface area contributed by atoms with E-state index in [1.807, 2.05) is 42.7 Å². The molecule has 0 unspecified atom stereocenters. The second-order valence-corrected chi connectivity index (χ2v) is 6.51. The molecule has 0 aliphatic heterocycles. The van der Waals surface area contributed by atoms with Crippen LogP contribution in [-0.2, 0) is 0 Å². The maximum Gasteiger partial charge on any atom is 0.164 e. The zero-order valence-corrected chi connectivity index (χ0v) is 16.3. The van der Waals surface area contributed by atoms with Crippen LogP contribution < -0.4 is 11.1 Å². The highest BCUT2D eigenvalue weighted by Crippen LogP contribution is 2.23. The van der Waals surface area contributed by atoms with Gasteiger partial charge in [-0.05, 0) is 54.5 Å². The number of aromatic nitrogens is 3. The molecule has 0 saturated heterocycles. The van der Waals surface area contributed by atoms with Gasteiger partial charge in [0, 0.05) is 18.3 Å². The number of nitrogens with two attached hydrogens (primary N) is 1. The Morgan fingerprint density at radius 3 is 2.86 bits per heavy atom. The molecule has 0 aliphatic carbocycles. The number of rotatable bonds is 7. The van der Waals surface area contributed by atoms with Crippen LogP contribution in [0.25, 0.3) is 17.3 Å². The minimum absolute atomic E-state index is 0.602. The third-order valence-corrected chi connectivity index (χ3v) is 4.47. The first-order valence-electron chi connectivity index (χ1n) is 9.15. The van der Waals surface area contributed by atoms with E-state index in [1.54, 1.807) is 10.6 Å². The van der Waals surface area contributed by atoms with E-state index in [9.17, 15) is 0 Å². The molecule has 0 aliphatic rings. The number of nitrogens with one attached hydrogen (secondary N) is 1. The Morgan fingerprint density at radius 1 is 1.29 bits per heavy atom. The predicted octanol–water partition coefficient (Wildman–Crippen LogP) is 4.59. The second kappa shape index (κ2) is 8.86. The predicted molar refractivity (Wildman–Crippen MR) is 118 cm³/mol. The van der Waals surface area contributed by atoms with Crippen molar-refractivity contribution < 1.29 is 0 Å². The van der Waals surface area contributed by atoms with Gasteiger partial charge in [-0.1, -0.05) is 49.1 Å². The van der Waals surface area contributed by atoms with Gasteiger partial charge in [-0.2, -0.15) is 5.10 Å². The molecule has 0 amide bonds. The van der Waals surface area contributed by atoms with E-state index in [0.717, 1.165) is 28.2 Å². The van der Waals surface area contributed by atoms with Crippen LogP contribution in [0.2, 0.25) is 0 Å². The van der Waals surface area contributed by atoms with Crippen molar-refractivity contribution in [2.24, 2.45) is 5.73 Å². The summed E-state index contributed by atoms with van der Waals surface area (Å²) >= 11 is 0. The van der Waals surface area contributed by atoms with E-state index in [0.29, 0.717) is 6.54 Å². The van der Waals surface area contributed by atoms with Crippen molar-refractivity contribution >= 4 is 23.1 Å². The largest absolute Gasteiger partial charge is 0.405 e. The number of allylic oxidation sites excluding steroid dienone is 3. The third kappa shape index (κ3) is 4.38. The molecule has 0 saturated carbocycles. The highest BCUT2D eigenvalue weighted by Gasteiger charge is 2.09. The summed E-state index contributed by atoms with van der Waals surface area (Å²) in [6.45, 7) is 8.53. The van der Waals surface area contributed by atoms with E-state index in [2.05, 4.69) is 49.1 Å². The SMILES string of the molecule is C=C/C=C(\C=C/N)CNc1ccn2ncc(/C(C)=C/c3ccccc3C)c2n1. The summed E-state index contributed by atoms with van der Waals surface area (Å²) in [6, 6.07) is 10.2. The second-order valence-electron chi connectivity index (χ2n) is 6.51. The van der Waals surface area contributed by atoms with Crippen molar-refractivity contribution in [3.63, 3.8) is 0 Å². The van der Waals surface area contributed by atoms with Gasteiger partial charge in [0.25, 0.3) is 0 Å². The number of anilines is 1. The van der Waals surface area contributed by atoms with Crippen LogP contribution in [0.1, 0.15) is 23.6 Å². The zero-order chi connectivity index (χ0) is 19.9. The summed E-state index contributed by atoms with van der Waals surface area (Å²) in [5.74, 6) is 0.776. The summed E-state index contributed by atoms with van der Waals surface area (Å²) in [7, 11) is 0. The first-order valence-corrected chi connectivity index (χ1v) is 9.15. The molecule has 0 spiro atoms. The van der Waals surface area contributed by atoms with Gasteiger partial charge in [0.1, 0.15) is 5.82 Å². The van der Waals surface area contributed by atoms with Crippen LogP contribution in [0.3, 0.4) is 0 Å². The molecular weight excluding hydrogens is 346 g/mol. The van der Waals surface area contributed by atoms with Crippen LogP contribution in [0.5, 0.6) is 0 Å². The molecule has 1 aromatic carbocycles. The number of benzene rings is 1. The van der Waals surface area contributed by atoms with Crippen molar-refractivity contribution in [2.75, 3.05) is 11.9 Å². The van der Waals surface area contributed by atoms with E-state index in [4.69, 9.17) is 10.7 Å². The molecule has 28 heavy (non-hydrogen) atoms. The highest BCUT2D eigenvalue weighted by atomic mass is 15.2. The first kappa shape index (κ1) is 19.2. The lowest BCUT2D eigenvalue weighted by Gasteiger charge is -2.07. The lowest BCUT2D eigenvalue weighted by molar-refractivity contribution is 0.938. The number of hydrogen-bond donors (Lipinski definition) is 2. The Hall–Kier alpha value is -3.60. The van der Waals surface area contributed by atoms with Crippen molar-refractivity contribution in [1.82, 2.24) is 14.6 Å². The van der Waals surface area contributed by atoms with Gasteiger partial charge in [-0.3, -0.25) is 0 Å². The van der Waals surface area contributed by atoms with Crippen molar-refractivity contribution in [3.05, 3.63) is 96.0 Å². The Balaban J connectivity index is 1.89. The Bertz CT molecular complexity index is 1070. The number of aryl methyl sites for hydroxylation is 1. The Morgan fingerprint density at radius 2 is 2.11 bits per heavy atom. The lowest BCUT2D eigenvalue weighted by Crippen LogP contribution is -2.06. The fourth-order valence-electron chi connectivity index (χ4n) is 2.95. The van der Waals surface area contributed by atoms with Gasteiger partial charge in [0.2, 0.25) is 0 Å². The molecule has 3 rings (SSSR count). The molecule has 3 N–H and O–H groups in total. The van der Waals surface area contributed by atoms with Crippen LogP contribution in [0, 0.1) is 6.92 Å². The van der Waals surface area contributed by atoms with E-state index in [-0.39, 0.29) is 0 Å². The van der Waals surface area contributed by atoms with E-state index in [1.165, 1.54) is 17.3 Å². The summed E-state index contributed by atoms with van der Waals surface area (Å²) in [6.07, 6.45) is 12.9. The average molecular weight is 371 g/mol. The van der Waals surface area contributed by atoms with Gasteiger partial charge < -0.3 is 11.1 Å². The smallest absolute Gasteiger partial charge is 0.164 e. The summed E-state index contributed by atoms with van der Waals surface area (Å²) in [4.78, 5) is 4.75. The number of fused-ring (bicyclic) bond motifs is 1. The van der Waals surface area contributed by atoms with Gasteiger partial charge in [0.15, 0.2) is 5.65 Å². The lowest BCUT2D eigenvalue weighted by atomic mass is 10.0. The fourth-order valence-corrected chi connectivity index (χ4v) is 2.95. The summed E-state index contributed by atoms with van der Waals surface area (Å²) in [5.41, 5.74) is 11.9. The number of nitrogens with zero attached hydrogens (tertiary/aromatic N) is 3. The minimum atomic E-state index is 0.602. The maximum absolute atomic E-state index is 5.50. The highest BCUT2D eigenvalue weighted by molar-refractivity contribution is 5.86. The molecule has 0 fully saturated rings. The van der Waals surface area contributed by atoms with Crippen molar-refractivity contribution in [3.8, 4) is 0 Å². The molecule has 0 atom stereocenters. The van der Waals surface area contributed by atoms with Gasteiger partial charge in [-0.15, -0.1) is 0 Å².